The highest BCUT2D eigenvalue weighted by atomic mass is 28.3. The molecule has 2 heteroatoms. The predicted octanol–water partition coefficient (Wildman–Crippen LogP) is 4.67. The summed E-state index contributed by atoms with van der Waals surface area (Å²) in [5.74, 6) is 3.25. The van der Waals surface area contributed by atoms with Crippen molar-refractivity contribution in [3.05, 3.63) is 65.7 Å². The van der Waals surface area contributed by atoms with Crippen LogP contribution in [-0.2, 0) is 0 Å². The normalized spacial score (nSPS) is 11.2. The van der Waals surface area contributed by atoms with Crippen LogP contribution in [0.15, 0.2) is 59.6 Å². The van der Waals surface area contributed by atoms with Crippen LogP contribution in [-0.4, -0.2) is 14.3 Å². The Bertz CT molecular complexity index is 638. The van der Waals surface area contributed by atoms with Crippen LogP contribution in [0.5, 0.6) is 0 Å². The fourth-order valence-corrected chi connectivity index (χ4v) is 2.10. The molecule has 0 spiro atoms. The molecule has 0 saturated heterocycles. The molecule has 0 amide bonds. The van der Waals surface area contributed by atoms with E-state index in [1.807, 2.05) is 60.8 Å². The Kier molecular flexibility index (Phi) is 4.55. The molecule has 2 aromatic rings. The number of benzene rings is 2. The van der Waals surface area contributed by atoms with Crippen molar-refractivity contribution in [2.24, 2.45) is 4.99 Å². The molecule has 0 aliphatic heterocycles. The van der Waals surface area contributed by atoms with E-state index in [4.69, 9.17) is 0 Å². The highest BCUT2D eigenvalue weighted by molar-refractivity contribution is 6.83. The molecule has 0 aromatic heterocycles. The van der Waals surface area contributed by atoms with Crippen molar-refractivity contribution in [2.45, 2.75) is 19.6 Å². The molecule has 0 heterocycles. The molecular formula is C18H19NSi. The van der Waals surface area contributed by atoms with Crippen LogP contribution in [0, 0.1) is 11.5 Å². The van der Waals surface area contributed by atoms with Gasteiger partial charge in [-0.1, -0.05) is 55.9 Å². The molecule has 0 aliphatic rings. The fourth-order valence-electron chi connectivity index (χ4n) is 1.58. The second-order valence-corrected chi connectivity index (χ2v) is 10.5. The fraction of sp³-hybridized carbons (Fsp3) is 0.167. The van der Waals surface area contributed by atoms with Crippen LogP contribution in [0.2, 0.25) is 19.6 Å². The summed E-state index contributed by atoms with van der Waals surface area (Å²) in [5.41, 5.74) is 6.48. The average Bonchev–Trinajstić information content (AvgIpc) is 2.44. The van der Waals surface area contributed by atoms with Gasteiger partial charge in [0.05, 0.1) is 5.69 Å². The Morgan fingerprint density at radius 2 is 1.55 bits per heavy atom. The zero-order valence-electron chi connectivity index (χ0n) is 12.2. The third kappa shape index (κ3) is 4.87. The number of nitrogens with zero attached hydrogens (tertiary/aromatic N) is 1. The van der Waals surface area contributed by atoms with Crippen LogP contribution < -0.4 is 0 Å². The Balaban J connectivity index is 2.09. The predicted molar refractivity (Wildman–Crippen MR) is 90.4 cm³/mol. The maximum Gasteiger partial charge on any atom is 0.129 e. The summed E-state index contributed by atoms with van der Waals surface area (Å²) in [7, 11) is -1.30. The molecular weight excluding hydrogens is 258 g/mol. The molecule has 20 heavy (non-hydrogen) atoms. The summed E-state index contributed by atoms with van der Waals surface area (Å²) in [5, 5.41) is 0. The maximum atomic E-state index is 4.46. The molecule has 0 aliphatic carbocycles. The Labute approximate surface area is 122 Å². The van der Waals surface area contributed by atoms with Crippen LogP contribution in [0.25, 0.3) is 0 Å². The van der Waals surface area contributed by atoms with Gasteiger partial charge in [-0.2, -0.15) is 0 Å². The second kappa shape index (κ2) is 6.36. The van der Waals surface area contributed by atoms with E-state index < -0.39 is 8.07 Å². The highest BCUT2D eigenvalue weighted by Gasteiger charge is 2.07. The number of hydrogen-bond acceptors (Lipinski definition) is 1. The third-order valence-electron chi connectivity index (χ3n) is 2.61. The molecule has 1 nitrogen and oxygen atoms in total. The molecule has 0 saturated carbocycles. The van der Waals surface area contributed by atoms with E-state index in [0.717, 1.165) is 16.8 Å². The van der Waals surface area contributed by atoms with Gasteiger partial charge in [0, 0.05) is 11.8 Å². The van der Waals surface area contributed by atoms with E-state index in [1.165, 1.54) is 0 Å². The lowest BCUT2D eigenvalue weighted by atomic mass is 10.2. The first-order chi connectivity index (χ1) is 9.53. The molecule has 2 aromatic carbocycles. The molecule has 0 unspecified atom stereocenters. The van der Waals surface area contributed by atoms with Gasteiger partial charge < -0.3 is 0 Å². The molecule has 0 fully saturated rings. The summed E-state index contributed by atoms with van der Waals surface area (Å²) in [4.78, 5) is 4.46. The monoisotopic (exact) mass is 277 g/mol. The lowest BCUT2D eigenvalue weighted by Crippen LogP contribution is -2.16. The zero-order chi connectivity index (χ0) is 14.4. The van der Waals surface area contributed by atoms with Gasteiger partial charge in [-0.15, -0.1) is 5.54 Å². The van der Waals surface area contributed by atoms with Gasteiger partial charge >= 0.3 is 0 Å². The van der Waals surface area contributed by atoms with Crippen molar-refractivity contribution in [2.75, 3.05) is 0 Å². The van der Waals surface area contributed by atoms with E-state index in [0.29, 0.717) is 0 Å². The molecule has 0 bridgehead atoms. The van der Waals surface area contributed by atoms with Crippen molar-refractivity contribution >= 4 is 20.0 Å². The minimum absolute atomic E-state index is 0.951. The first-order valence-electron chi connectivity index (χ1n) is 6.75. The van der Waals surface area contributed by atoms with E-state index >= 15 is 0 Å². The topological polar surface area (TPSA) is 12.4 Å². The Hall–Kier alpha value is -2.11. The third-order valence-corrected chi connectivity index (χ3v) is 3.49. The second-order valence-electron chi connectivity index (χ2n) is 5.72. The maximum absolute atomic E-state index is 4.46. The molecule has 100 valence electrons. The van der Waals surface area contributed by atoms with Crippen molar-refractivity contribution in [3.8, 4) is 11.5 Å². The van der Waals surface area contributed by atoms with Gasteiger partial charge in [0.1, 0.15) is 8.07 Å². The van der Waals surface area contributed by atoms with Gasteiger partial charge in [-0.25, -0.2) is 0 Å². The van der Waals surface area contributed by atoms with E-state index in [2.05, 4.69) is 36.1 Å². The standard InChI is InChI=1S/C18H19NSi/c1-20(2,3)14-13-16-9-11-18(12-10-16)19-15-17-7-5-4-6-8-17/h4-12,15H,1-3H3. The molecule has 2 rings (SSSR count). The summed E-state index contributed by atoms with van der Waals surface area (Å²) in [6, 6.07) is 18.2. The van der Waals surface area contributed by atoms with Crippen LogP contribution in [0.3, 0.4) is 0 Å². The van der Waals surface area contributed by atoms with E-state index in [9.17, 15) is 0 Å². The summed E-state index contributed by atoms with van der Waals surface area (Å²) >= 11 is 0. The zero-order valence-corrected chi connectivity index (χ0v) is 13.2. The summed E-state index contributed by atoms with van der Waals surface area (Å²) in [6.45, 7) is 6.75. The lowest BCUT2D eigenvalue weighted by molar-refractivity contribution is 1.51. The number of hydrogen-bond donors (Lipinski definition) is 0. The highest BCUT2D eigenvalue weighted by Crippen LogP contribution is 2.13. The van der Waals surface area contributed by atoms with E-state index in [-0.39, 0.29) is 0 Å². The first-order valence-corrected chi connectivity index (χ1v) is 10.3. The van der Waals surface area contributed by atoms with E-state index in [1.54, 1.807) is 0 Å². The number of rotatable bonds is 2. The van der Waals surface area contributed by atoms with Crippen molar-refractivity contribution < 1.29 is 0 Å². The van der Waals surface area contributed by atoms with Gasteiger partial charge in [0.15, 0.2) is 0 Å². The number of aliphatic imine (C=N–C) groups is 1. The minimum Gasteiger partial charge on any atom is -0.256 e. The Morgan fingerprint density at radius 3 is 2.15 bits per heavy atom. The largest absolute Gasteiger partial charge is 0.256 e. The van der Waals surface area contributed by atoms with Gasteiger partial charge in [0.25, 0.3) is 0 Å². The molecule has 0 N–H and O–H groups in total. The SMILES string of the molecule is C[Si](C)(C)C#Cc1ccc(N=Cc2ccccc2)cc1. The molecule has 0 radical (unpaired) electrons. The smallest absolute Gasteiger partial charge is 0.129 e. The van der Waals surface area contributed by atoms with Gasteiger partial charge in [-0.05, 0) is 29.8 Å². The minimum atomic E-state index is -1.30. The van der Waals surface area contributed by atoms with Gasteiger partial charge in [-0.3, -0.25) is 4.99 Å². The van der Waals surface area contributed by atoms with Crippen molar-refractivity contribution in [1.82, 2.24) is 0 Å². The van der Waals surface area contributed by atoms with Crippen LogP contribution >= 0.6 is 0 Å². The average molecular weight is 277 g/mol. The first kappa shape index (κ1) is 14.3. The van der Waals surface area contributed by atoms with Crippen molar-refractivity contribution in [1.29, 1.82) is 0 Å². The lowest BCUT2D eigenvalue weighted by Gasteiger charge is -2.03. The molecule has 0 atom stereocenters. The van der Waals surface area contributed by atoms with Crippen LogP contribution in [0.1, 0.15) is 11.1 Å². The summed E-state index contributed by atoms with van der Waals surface area (Å²) < 4.78 is 0. The van der Waals surface area contributed by atoms with Gasteiger partial charge in [0.2, 0.25) is 0 Å². The Morgan fingerprint density at radius 1 is 0.900 bits per heavy atom. The summed E-state index contributed by atoms with van der Waals surface area (Å²) in [6.07, 6.45) is 1.88. The van der Waals surface area contributed by atoms with Crippen LogP contribution in [0.4, 0.5) is 5.69 Å². The quantitative estimate of drug-likeness (QED) is 0.430. The van der Waals surface area contributed by atoms with Crippen molar-refractivity contribution in [3.63, 3.8) is 0 Å².